The van der Waals surface area contributed by atoms with E-state index in [4.69, 9.17) is 92.8 Å². The average Bonchev–Trinajstić information content (AvgIpc) is 3.30. The van der Waals surface area contributed by atoms with Crippen molar-refractivity contribution in [3.05, 3.63) is 87.8 Å². The molecule has 4 amide bonds. The Morgan fingerprint density at radius 2 is 0.800 bits per heavy atom. The Morgan fingerprint density at radius 1 is 0.500 bits per heavy atom. The summed E-state index contributed by atoms with van der Waals surface area (Å²) in [7, 11) is 0. The topological polar surface area (TPSA) is 109 Å². The maximum absolute atomic E-state index is 13.4. The van der Waals surface area contributed by atoms with Gasteiger partial charge in [0.05, 0.1) is 74.9 Å². The molecule has 3 aromatic carbocycles. The van der Waals surface area contributed by atoms with Crippen LogP contribution in [0.5, 0.6) is 0 Å². The van der Waals surface area contributed by atoms with Gasteiger partial charge < -0.3 is 0 Å². The molecule has 0 radical (unpaired) electrons. The third kappa shape index (κ3) is 3.97. The van der Waals surface area contributed by atoms with Gasteiger partial charge in [-0.15, -0.1) is 0 Å². The number of hydrogen-bond donors (Lipinski definition) is 0. The van der Waals surface area contributed by atoms with E-state index >= 15 is 0 Å². The van der Waals surface area contributed by atoms with Crippen molar-refractivity contribution in [3.8, 4) is 0 Å². The van der Waals surface area contributed by atoms with Gasteiger partial charge in [0.15, 0.2) is 0 Å². The molecule has 0 unspecified atom stereocenters. The van der Waals surface area contributed by atoms with E-state index in [0.29, 0.717) is 9.80 Å². The summed E-state index contributed by atoms with van der Waals surface area (Å²) < 4.78 is 0. The van der Waals surface area contributed by atoms with Gasteiger partial charge in [0, 0.05) is 0 Å². The van der Waals surface area contributed by atoms with Crippen LogP contribution in [0, 0.1) is 0 Å². The van der Waals surface area contributed by atoms with Gasteiger partial charge in [0.25, 0.3) is 34.1 Å². The van der Waals surface area contributed by atoms with Crippen LogP contribution < -0.4 is 9.80 Å². The molecule has 0 saturated carbocycles. The van der Waals surface area contributed by atoms with E-state index in [1.165, 1.54) is 18.2 Å². The minimum atomic E-state index is -1.11. The SMILES string of the molecule is O=C(Cl)c1c(Cl)c(Cl)c2c(c1Cl)C(=O)N(c1cccc(N3C(=O)c4c(Cl)c(Cl)c(C(=O)Cl)c(Cl)c4C3=O)c1)C2=O. The molecule has 202 valence electrons. The molecule has 0 fully saturated rings. The van der Waals surface area contributed by atoms with Crippen molar-refractivity contribution in [2.75, 3.05) is 9.80 Å². The van der Waals surface area contributed by atoms with Gasteiger partial charge in [0.2, 0.25) is 0 Å². The van der Waals surface area contributed by atoms with Crippen LogP contribution in [0.2, 0.25) is 30.1 Å². The molecule has 8 nitrogen and oxygen atoms in total. The summed E-state index contributed by atoms with van der Waals surface area (Å²) in [6.07, 6.45) is 0. The molecule has 0 aliphatic carbocycles. The average molecular weight is 700 g/mol. The highest BCUT2D eigenvalue weighted by atomic mass is 35.5. The Morgan fingerprint density at radius 3 is 1.10 bits per heavy atom. The first-order valence-corrected chi connectivity index (χ1v) is 13.4. The number of fused-ring (bicyclic) bond motifs is 2. The second-order valence-corrected chi connectivity index (χ2v) is 11.0. The lowest BCUT2D eigenvalue weighted by Gasteiger charge is -2.18. The zero-order valence-corrected chi connectivity index (χ0v) is 24.7. The van der Waals surface area contributed by atoms with Gasteiger partial charge in [0.1, 0.15) is 0 Å². The Labute approximate surface area is 263 Å². The highest BCUT2D eigenvalue weighted by Crippen LogP contribution is 2.46. The molecule has 0 N–H and O–H groups in total. The number of benzene rings is 3. The number of carbonyl (C=O) groups excluding carboxylic acids is 6. The van der Waals surface area contributed by atoms with Gasteiger partial charge in [-0.3, -0.25) is 28.8 Å². The Bertz CT molecular complexity index is 1700. The fraction of sp³-hybridized carbons (Fsp3) is 0. The standard InChI is InChI=1S/C24H4Cl8N2O6/c25-13-7-9(15(27)17(29)11(13)19(31)35)23(39)33(21(7)37)5-2-1-3-6(4-5)34-22(38)8-10(24(34)40)16(28)18(30)12(14(8)26)20(32)36/h1-4H. The first-order valence-electron chi connectivity index (χ1n) is 10.4. The number of anilines is 2. The fourth-order valence-electron chi connectivity index (χ4n) is 4.34. The zero-order valence-electron chi connectivity index (χ0n) is 18.7. The van der Waals surface area contributed by atoms with Crippen molar-refractivity contribution in [1.29, 1.82) is 0 Å². The number of carbonyl (C=O) groups is 6. The second-order valence-electron chi connectivity index (χ2n) is 8.09. The molecule has 2 aliphatic heterocycles. The van der Waals surface area contributed by atoms with E-state index in [0.717, 1.165) is 6.07 Å². The molecule has 16 heteroatoms. The molecule has 0 bridgehead atoms. The minimum Gasteiger partial charge on any atom is -0.275 e. The summed E-state index contributed by atoms with van der Waals surface area (Å²) in [5.41, 5.74) is -2.73. The van der Waals surface area contributed by atoms with E-state index in [1.807, 2.05) is 0 Å². The highest BCUT2D eigenvalue weighted by Gasteiger charge is 2.45. The van der Waals surface area contributed by atoms with Crippen molar-refractivity contribution in [2.24, 2.45) is 0 Å². The molecule has 0 spiro atoms. The number of halogens is 8. The number of nitrogens with zero attached hydrogens (tertiary/aromatic N) is 2. The molecule has 5 rings (SSSR count). The third-order valence-electron chi connectivity index (χ3n) is 6.05. The maximum Gasteiger partial charge on any atom is 0.267 e. The van der Waals surface area contributed by atoms with Crippen LogP contribution in [0.3, 0.4) is 0 Å². The molecule has 0 atom stereocenters. The molecular weight excluding hydrogens is 696 g/mol. The van der Waals surface area contributed by atoms with E-state index in [2.05, 4.69) is 0 Å². The lowest BCUT2D eigenvalue weighted by molar-refractivity contribution is 0.0912. The van der Waals surface area contributed by atoms with E-state index < -0.39 is 86.5 Å². The lowest BCUT2D eigenvalue weighted by Crippen LogP contribution is -2.31. The van der Waals surface area contributed by atoms with E-state index in [-0.39, 0.29) is 22.5 Å². The van der Waals surface area contributed by atoms with Crippen molar-refractivity contribution in [1.82, 2.24) is 0 Å². The first kappa shape index (κ1) is 29.1. The van der Waals surface area contributed by atoms with Crippen LogP contribution in [-0.4, -0.2) is 34.1 Å². The maximum atomic E-state index is 13.4. The van der Waals surface area contributed by atoms with Crippen molar-refractivity contribution >= 4 is 138 Å². The van der Waals surface area contributed by atoms with Crippen LogP contribution in [0.15, 0.2) is 24.3 Å². The van der Waals surface area contributed by atoms with Gasteiger partial charge in [-0.05, 0) is 41.4 Å². The summed E-state index contributed by atoms with van der Waals surface area (Å²) in [5, 5.41) is -4.86. The third-order valence-corrected chi connectivity index (χ3v) is 8.89. The summed E-state index contributed by atoms with van der Waals surface area (Å²) in [4.78, 5) is 78.4. The quantitative estimate of drug-likeness (QED) is 0.155. The van der Waals surface area contributed by atoms with Crippen LogP contribution in [0.4, 0.5) is 11.4 Å². The van der Waals surface area contributed by atoms with Gasteiger partial charge in [-0.25, -0.2) is 9.80 Å². The number of amides is 4. The second kappa shape index (κ2) is 10.2. The number of rotatable bonds is 4. The number of hydrogen-bond acceptors (Lipinski definition) is 6. The Balaban J connectivity index is 1.62. The minimum absolute atomic E-state index is 0.117. The molecule has 0 aromatic heterocycles. The van der Waals surface area contributed by atoms with E-state index in [1.54, 1.807) is 0 Å². The van der Waals surface area contributed by atoms with Gasteiger partial charge in [-0.2, -0.15) is 0 Å². The molecule has 40 heavy (non-hydrogen) atoms. The summed E-state index contributed by atoms with van der Waals surface area (Å²) in [5.74, 6) is -3.87. The lowest BCUT2D eigenvalue weighted by atomic mass is 10.1. The zero-order chi connectivity index (χ0) is 29.5. The van der Waals surface area contributed by atoms with Gasteiger partial charge in [-0.1, -0.05) is 75.7 Å². The largest absolute Gasteiger partial charge is 0.275 e. The van der Waals surface area contributed by atoms with Crippen molar-refractivity contribution in [2.45, 2.75) is 0 Å². The molecular formula is C24H4Cl8N2O6. The van der Waals surface area contributed by atoms with Crippen molar-refractivity contribution < 1.29 is 28.8 Å². The highest BCUT2D eigenvalue weighted by molar-refractivity contribution is 6.71. The van der Waals surface area contributed by atoms with E-state index in [9.17, 15) is 28.8 Å². The van der Waals surface area contributed by atoms with Crippen LogP contribution in [0.1, 0.15) is 62.1 Å². The van der Waals surface area contributed by atoms with Crippen molar-refractivity contribution in [3.63, 3.8) is 0 Å². The molecule has 0 saturated heterocycles. The van der Waals surface area contributed by atoms with Crippen LogP contribution >= 0.6 is 92.8 Å². The smallest absolute Gasteiger partial charge is 0.267 e. The summed E-state index contributed by atoms with van der Waals surface area (Å²) in [6, 6.07) is 5.14. The Hall–Kier alpha value is -2.40. The normalized spacial score (nSPS) is 14.3. The predicted octanol–water partition coefficient (Wildman–Crippen LogP) is 7.97. The fourth-order valence-corrected chi connectivity index (χ4v) is 6.81. The molecule has 2 aliphatic rings. The monoisotopic (exact) mass is 696 g/mol. The molecule has 3 aromatic rings. The summed E-state index contributed by atoms with van der Waals surface area (Å²) >= 11 is 48.1. The number of imide groups is 2. The predicted molar refractivity (Wildman–Crippen MR) is 152 cm³/mol. The van der Waals surface area contributed by atoms with Crippen LogP contribution in [0.25, 0.3) is 0 Å². The van der Waals surface area contributed by atoms with Crippen LogP contribution in [-0.2, 0) is 0 Å². The molecule has 2 heterocycles. The van der Waals surface area contributed by atoms with Gasteiger partial charge >= 0.3 is 0 Å². The first-order chi connectivity index (χ1) is 18.7. The Kier molecular flexibility index (Phi) is 7.39. The summed E-state index contributed by atoms with van der Waals surface area (Å²) in [6.45, 7) is 0.